The smallest absolute Gasteiger partial charge is 0.126 e. The number of piperazine rings is 1. The van der Waals surface area contributed by atoms with E-state index in [1.54, 1.807) is 0 Å². The van der Waals surface area contributed by atoms with Gasteiger partial charge in [0.15, 0.2) is 0 Å². The molecule has 4 heteroatoms. The molecule has 1 fully saturated rings. The zero-order valence-electron chi connectivity index (χ0n) is 13.4. The van der Waals surface area contributed by atoms with Gasteiger partial charge in [0, 0.05) is 37.8 Å². The molecule has 1 aliphatic heterocycles. The molecule has 0 spiro atoms. The van der Waals surface area contributed by atoms with Crippen LogP contribution in [0, 0.1) is 17.0 Å². The van der Waals surface area contributed by atoms with E-state index in [4.69, 9.17) is 0 Å². The van der Waals surface area contributed by atoms with Crippen LogP contribution in [0.3, 0.4) is 0 Å². The molecule has 0 saturated carbocycles. The van der Waals surface area contributed by atoms with E-state index in [2.05, 4.69) is 37.9 Å². The van der Waals surface area contributed by atoms with Crippen molar-refractivity contribution in [3.05, 3.63) is 35.4 Å². The third-order valence-corrected chi connectivity index (χ3v) is 4.36. The summed E-state index contributed by atoms with van der Waals surface area (Å²) in [5, 5.41) is 3.59. The summed E-state index contributed by atoms with van der Waals surface area (Å²) in [6.45, 7) is 11.7. The van der Waals surface area contributed by atoms with E-state index in [0.29, 0.717) is 18.5 Å². The molecule has 1 N–H and O–H groups in total. The average Bonchev–Trinajstić information content (AvgIpc) is 2.35. The van der Waals surface area contributed by atoms with Gasteiger partial charge in [0.1, 0.15) is 11.6 Å². The predicted octanol–water partition coefficient (Wildman–Crippen LogP) is 3.22. The second-order valence-electron chi connectivity index (χ2n) is 7.20. The Morgan fingerprint density at radius 2 is 1.81 bits per heavy atom. The number of rotatable bonds is 3. The maximum Gasteiger partial charge on any atom is 0.126 e. The first-order valence-electron chi connectivity index (χ1n) is 7.68. The molecule has 1 aliphatic rings. The lowest BCUT2D eigenvalue weighted by Crippen LogP contribution is -2.59. The van der Waals surface area contributed by atoms with Crippen molar-refractivity contribution in [1.29, 1.82) is 0 Å². The van der Waals surface area contributed by atoms with E-state index in [1.807, 2.05) is 0 Å². The monoisotopic (exact) mass is 296 g/mol. The fourth-order valence-corrected chi connectivity index (χ4v) is 2.84. The Balaban J connectivity index is 1.97. The van der Waals surface area contributed by atoms with Gasteiger partial charge >= 0.3 is 0 Å². The molecule has 2 atom stereocenters. The van der Waals surface area contributed by atoms with Gasteiger partial charge in [-0.25, -0.2) is 8.78 Å². The largest absolute Gasteiger partial charge is 0.311 e. The highest BCUT2D eigenvalue weighted by Crippen LogP contribution is 2.23. The molecule has 0 aliphatic carbocycles. The maximum atomic E-state index is 13.2. The van der Waals surface area contributed by atoms with Crippen LogP contribution in [0.2, 0.25) is 0 Å². The van der Waals surface area contributed by atoms with Crippen molar-refractivity contribution in [3.8, 4) is 0 Å². The van der Waals surface area contributed by atoms with E-state index in [1.165, 1.54) is 12.1 Å². The Kier molecular flexibility index (Phi) is 4.99. The van der Waals surface area contributed by atoms with Gasteiger partial charge in [-0.2, -0.15) is 0 Å². The fourth-order valence-electron chi connectivity index (χ4n) is 2.84. The van der Waals surface area contributed by atoms with Crippen molar-refractivity contribution in [2.24, 2.45) is 5.41 Å². The number of nitrogens with one attached hydrogen (secondary N) is 1. The minimum atomic E-state index is -0.495. The second-order valence-corrected chi connectivity index (χ2v) is 7.20. The summed E-state index contributed by atoms with van der Waals surface area (Å²) in [7, 11) is 0. The molecule has 1 aromatic rings. The lowest BCUT2D eigenvalue weighted by molar-refractivity contribution is 0.0948. The summed E-state index contributed by atoms with van der Waals surface area (Å²) >= 11 is 0. The molecule has 1 saturated heterocycles. The highest BCUT2D eigenvalue weighted by atomic mass is 19.1. The van der Waals surface area contributed by atoms with Crippen LogP contribution in [0.1, 0.15) is 33.3 Å². The minimum absolute atomic E-state index is 0.212. The molecule has 0 aromatic heterocycles. The summed E-state index contributed by atoms with van der Waals surface area (Å²) in [6.07, 6.45) is 0.676. The standard InChI is InChI=1S/C17H26F2N2/c1-12-10-20-16(17(2,3)4)11-21(12)6-5-13-7-14(18)9-15(19)8-13/h7-9,12,16,20H,5-6,10-11H2,1-4H3. The van der Waals surface area contributed by atoms with Crippen LogP contribution < -0.4 is 5.32 Å². The Bertz CT molecular complexity index is 462. The first-order valence-corrected chi connectivity index (χ1v) is 7.68. The topological polar surface area (TPSA) is 15.3 Å². The average molecular weight is 296 g/mol. The maximum absolute atomic E-state index is 13.2. The van der Waals surface area contributed by atoms with E-state index >= 15 is 0 Å². The Hall–Kier alpha value is -1.00. The van der Waals surface area contributed by atoms with Crippen molar-refractivity contribution >= 4 is 0 Å². The van der Waals surface area contributed by atoms with Gasteiger partial charge in [0.2, 0.25) is 0 Å². The lowest BCUT2D eigenvalue weighted by Gasteiger charge is -2.44. The van der Waals surface area contributed by atoms with Crippen LogP contribution in [0.4, 0.5) is 8.78 Å². The molecule has 0 radical (unpaired) electrons. The Morgan fingerprint density at radius 1 is 1.19 bits per heavy atom. The fraction of sp³-hybridized carbons (Fsp3) is 0.647. The van der Waals surface area contributed by atoms with Gasteiger partial charge in [0.05, 0.1) is 0 Å². The van der Waals surface area contributed by atoms with Crippen molar-refractivity contribution in [2.45, 2.75) is 46.2 Å². The summed E-state index contributed by atoms with van der Waals surface area (Å²) in [5.74, 6) is -0.989. The van der Waals surface area contributed by atoms with Crippen LogP contribution in [0.25, 0.3) is 0 Å². The number of hydrogen-bond acceptors (Lipinski definition) is 2. The highest BCUT2D eigenvalue weighted by molar-refractivity contribution is 5.18. The molecule has 2 rings (SSSR count). The first-order chi connectivity index (χ1) is 9.75. The lowest BCUT2D eigenvalue weighted by atomic mass is 9.84. The number of nitrogens with zero attached hydrogens (tertiary/aromatic N) is 1. The van der Waals surface area contributed by atoms with E-state index in [9.17, 15) is 8.78 Å². The summed E-state index contributed by atoms with van der Waals surface area (Å²) in [5.41, 5.74) is 0.939. The van der Waals surface area contributed by atoms with Crippen molar-refractivity contribution in [1.82, 2.24) is 10.2 Å². The molecular formula is C17H26F2N2. The van der Waals surface area contributed by atoms with Crippen LogP contribution in [-0.4, -0.2) is 36.6 Å². The number of halogens is 2. The highest BCUT2D eigenvalue weighted by Gasteiger charge is 2.31. The molecule has 0 bridgehead atoms. The van der Waals surface area contributed by atoms with Gasteiger partial charge < -0.3 is 5.32 Å². The summed E-state index contributed by atoms with van der Waals surface area (Å²) < 4.78 is 26.4. The molecule has 2 nitrogen and oxygen atoms in total. The molecule has 118 valence electrons. The molecule has 1 heterocycles. The minimum Gasteiger partial charge on any atom is -0.311 e. The van der Waals surface area contributed by atoms with Gasteiger partial charge in [-0.15, -0.1) is 0 Å². The molecule has 21 heavy (non-hydrogen) atoms. The van der Waals surface area contributed by atoms with Gasteiger partial charge in [-0.05, 0) is 36.5 Å². The number of hydrogen-bond donors (Lipinski definition) is 1. The van der Waals surface area contributed by atoms with Crippen molar-refractivity contribution in [2.75, 3.05) is 19.6 Å². The predicted molar refractivity (Wildman–Crippen MR) is 82.3 cm³/mol. The Morgan fingerprint density at radius 3 is 2.38 bits per heavy atom. The number of benzene rings is 1. The van der Waals surface area contributed by atoms with E-state index in [-0.39, 0.29) is 5.41 Å². The van der Waals surface area contributed by atoms with Crippen molar-refractivity contribution < 1.29 is 8.78 Å². The molecule has 1 aromatic carbocycles. The van der Waals surface area contributed by atoms with Crippen LogP contribution in [-0.2, 0) is 6.42 Å². The van der Waals surface area contributed by atoms with E-state index in [0.717, 1.165) is 31.3 Å². The third kappa shape index (κ3) is 4.48. The van der Waals surface area contributed by atoms with Gasteiger partial charge in [-0.3, -0.25) is 4.90 Å². The first kappa shape index (κ1) is 16.4. The molecule has 0 amide bonds. The van der Waals surface area contributed by atoms with E-state index < -0.39 is 11.6 Å². The van der Waals surface area contributed by atoms with Gasteiger partial charge in [0.25, 0.3) is 0 Å². The zero-order valence-corrected chi connectivity index (χ0v) is 13.4. The van der Waals surface area contributed by atoms with Crippen LogP contribution in [0.15, 0.2) is 18.2 Å². The third-order valence-electron chi connectivity index (χ3n) is 4.36. The zero-order chi connectivity index (χ0) is 15.6. The van der Waals surface area contributed by atoms with Gasteiger partial charge in [-0.1, -0.05) is 20.8 Å². The summed E-state index contributed by atoms with van der Waals surface area (Å²) in [6, 6.07) is 4.67. The molecular weight excluding hydrogens is 270 g/mol. The Labute approximate surface area is 126 Å². The van der Waals surface area contributed by atoms with Crippen molar-refractivity contribution in [3.63, 3.8) is 0 Å². The van der Waals surface area contributed by atoms with Crippen LogP contribution >= 0.6 is 0 Å². The summed E-state index contributed by atoms with van der Waals surface area (Å²) in [4.78, 5) is 2.41. The second kappa shape index (κ2) is 6.41. The quantitative estimate of drug-likeness (QED) is 0.921. The normalized spacial score (nSPS) is 24.3. The SMILES string of the molecule is CC1CNC(C(C)(C)C)CN1CCc1cc(F)cc(F)c1. The molecule has 2 unspecified atom stereocenters. The van der Waals surface area contributed by atoms with Crippen LogP contribution in [0.5, 0.6) is 0 Å².